The van der Waals surface area contributed by atoms with Gasteiger partial charge in [-0.1, -0.05) is 24.6 Å². The van der Waals surface area contributed by atoms with Crippen LogP contribution in [0.15, 0.2) is 23.8 Å². The van der Waals surface area contributed by atoms with Crippen LogP contribution in [0.5, 0.6) is 11.5 Å². The Bertz CT molecular complexity index is 427. The van der Waals surface area contributed by atoms with Crippen molar-refractivity contribution in [1.82, 2.24) is 0 Å². The minimum absolute atomic E-state index is 0.0397. The van der Waals surface area contributed by atoms with E-state index in [4.69, 9.17) is 16.3 Å². The molecule has 0 bridgehead atoms. The number of hydrogen-bond donors (Lipinski definition) is 0. The van der Waals surface area contributed by atoms with Gasteiger partial charge in [0.2, 0.25) is 0 Å². The zero-order valence-corrected chi connectivity index (χ0v) is 11.7. The molecule has 0 saturated carbocycles. The van der Waals surface area contributed by atoms with Crippen molar-refractivity contribution < 1.29 is 18.3 Å². The number of ether oxygens (including phenoxy) is 2. The molecule has 0 fully saturated rings. The average molecular weight is 291 g/mol. The molecule has 5 heteroatoms. The Morgan fingerprint density at radius 1 is 1.32 bits per heavy atom. The number of alkyl halides is 3. The number of halogens is 3. The molecule has 106 valence electrons. The lowest BCUT2D eigenvalue weighted by atomic mass is 10.1. The first-order valence-electron chi connectivity index (χ1n) is 6.07. The van der Waals surface area contributed by atoms with E-state index in [-0.39, 0.29) is 5.75 Å². The third-order valence-electron chi connectivity index (χ3n) is 2.48. The van der Waals surface area contributed by atoms with Gasteiger partial charge in [-0.25, -0.2) is 0 Å². The van der Waals surface area contributed by atoms with Crippen LogP contribution in [0.2, 0.25) is 0 Å². The second-order valence-electron chi connectivity index (χ2n) is 3.81. The summed E-state index contributed by atoms with van der Waals surface area (Å²) in [5.74, 6) is 0.787. The standard InChI is InChI=1S/C14H17ClF2O2/c1-3-10(9-15)7-11-5-6-12(19-14(16)17)13(8-11)18-4-2/h5-8,14H,3-4,9H2,1-2H3. The molecule has 0 atom stereocenters. The minimum Gasteiger partial charge on any atom is -0.490 e. The first kappa shape index (κ1) is 15.8. The summed E-state index contributed by atoms with van der Waals surface area (Å²) in [6.07, 6.45) is 2.75. The summed E-state index contributed by atoms with van der Waals surface area (Å²) < 4.78 is 34.2. The van der Waals surface area contributed by atoms with Gasteiger partial charge >= 0.3 is 6.61 Å². The maximum atomic E-state index is 12.3. The predicted molar refractivity (Wildman–Crippen MR) is 73.2 cm³/mol. The van der Waals surface area contributed by atoms with E-state index < -0.39 is 6.61 Å². The van der Waals surface area contributed by atoms with Crippen molar-refractivity contribution >= 4 is 17.7 Å². The summed E-state index contributed by atoms with van der Waals surface area (Å²) in [6.45, 7) is 1.30. The fraction of sp³-hybridized carbons (Fsp3) is 0.429. The van der Waals surface area contributed by atoms with E-state index in [1.165, 1.54) is 6.07 Å². The second kappa shape index (κ2) is 8.00. The monoisotopic (exact) mass is 290 g/mol. The number of rotatable bonds is 7. The van der Waals surface area contributed by atoms with Crippen LogP contribution in [0.25, 0.3) is 6.08 Å². The Hall–Kier alpha value is -1.29. The maximum Gasteiger partial charge on any atom is 0.387 e. The third-order valence-corrected chi connectivity index (χ3v) is 2.82. The SMILES string of the molecule is CCOc1cc(C=C(CC)CCl)ccc1OC(F)F. The molecule has 0 amide bonds. The van der Waals surface area contributed by atoms with Crippen molar-refractivity contribution in [2.75, 3.05) is 12.5 Å². The van der Waals surface area contributed by atoms with Crippen molar-refractivity contribution in [3.63, 3.8) is 0 Å². The highest BCUT2D eigenvalue weighted by Gasteiger charge is 2.11. The topological polar surface area (TPSA) is 18.5 Å². The lowest BCUT2D eigenvalue weighted by Crippen LogP contribution is -2.04. The van der Waals surface area contributed by atoms with Gasteiger partial charge in [-0.15, -0.1) is 11.6 Å². The van der Waals surface area contributed by atoms with E-state index >= 15 is 0 Å². The summed E-state index contributed by atoms with van der Waals surface area (Å²) >= 11 is 5.80. The molecular weight excluding hydrogens is 274 g/mol. The van der Waals surface area contributed by atoms with Crippen LogP contribution in [0.4, 0.5) is 8.78 Å². The van der Waals surface area contributed by atoms with Crippen molar-refractivity contribution in [2.24, 2.45) is 0 Å². The molecule has 0 saturated heterocycles. The minimum atomic E-state index is -2.87. The fourth-order valence-corrected chi connectivity index (χ4v) is 1.81. The predicted octanol–water partition coefficient (Wildman–Crippen LogP) is 4.72. The molecule has 0 spiro atoms. The van der Waals surface area contributed by atoms with E-state index in [0.717, 1.165) is 17.6 Å². The van der Waals surface area contributed by atoms with Crippen LogP contribution in [-0.2, 0) is 0 Å². The number of benzene rings is 1. The lowest BCUT2D eigenvalue weighted by molar-refractivity contribution is -0.0514. The number of allylic oxidation sites excluding steroid dienone is 1. The quantitative estimate of drug-likeness (QED) is 0.677. The molecule has 2 nitrogen and oxygen atoms in total. The van der Waals surface area contributed by atoms with Crippen molar-refractivity contribution in [3.8, 4) is 11.5 Å². The molecule has 0 N–H and O–H groups in total. The van der Waals surface area contributed by atoms with Gasteiger partial charge in [0.15, 0.2) is 11.5 Å². The van der Waals surface area contributed by atoms with E-state index in [0.29, 0.717) is 18.2 Å². The fourth-order valence-electron chi connectivity index (χ4n) is 1.55. The number of hydrogen-bond acceptors (Lipinski definition) is 2. The Kier molecular flexibility index (Phi) is 6.64. The van der Waals surface area contributed by atoms with Crippen molar-refractivity contribution in [1.29, 1.82) is 0 Å². The van der Waals surface area contributed by atoms with Crippen LogP contribution in [-0.4, -0.2) is 19.1 Å². The van der Waals surface area contributed by atoms with Crippen LogP contribution in [0.1, 0.15) is 25.8 Å². The molecule has 0 aliphatic carbocycles. The highest BCUT2D eigenvalue weighted by molar-refractivity contribution is 6.19. The zero-order chi connectivity index (χ0) is 14.3. The van der Waals surface area contributed by atoms with Crippen LogP contribution < -0.4 is 9.47 Å². The highest BCUT2D eigenvalue weighted by Crippen LogP contribution is 2.30. The first-order chi connectivity index (χ1) is 9.10. The summed E-state index contributed by atoms with van der Waals surface area (Å²) in [6, 6.07) is 4.84. The normalized spacial score (nSPS) is 11.8. The Labute approximate surface area is 117 Å². The molecule has 0 unspecified atom stereocenters. The summed E-state index contributed by atoms with van der Waals surface area (Å²) in [4.78, 5) is 0. The van der Waals surface area contributed by atoms with Crippen LogP contribution in [0.3, 0.4) is 0 Å². The second-order valence-corrected chi connectivity index (χ2v) is 4.07. The van der Waals surface area contributed by atoms with Gasteiger partial charge in [-0.2, -0.15) is 8.78 Å². The Morgan fingerprint density at radius 3 is 2.58 bits per heavy atom. The molecule has 1 rings (SSSR count). The van der Waals surface area contributed by atoms with E-state index in [1.54, 1.807) is 19.1 Å². The molecule has 0 radical (unpaired) electrons. The van der Waals surface area contributed by atoms with Gasteiger partial charge in [0.05, 0.1) is 6.61 Å². The maximum absolute atomic E-state index is 12.3. The smallest absolute Gasteiger partial charge is 0.387 e. The van der Waals surface area contributed by atoms with Crippen LogP contribution >= 0.6 is 11.6 Å². The van der Waals surface area contributed by atoms with Gasteiger partial charge in [-0.05, 0) is 31.0 Å². The molecule has 19 heavy (non-hydrogen) atoms. The summed E-state index contributed by atoms with van der Waals surface area (Å²) in [5, 5.41) is 0. The van der Waals surface area contributed by atoms with Gasteiger partial charge in [0.1, 0.15) is 0 Å². The van der Waals surface area contributed by atoms with Crippen molar-refractivity contribution in [2.45, 2.75) is 26.9 Å². The lowest BCUT2D eigenvalue weighted by Gasteiger charge is -2.12. The van der Waals surface area contributed by atoms with Crippen molar-refractivity contribution in [3.05, 3.63) is 29.3 Å². The van der Waals surface area contributed by atoms with Gasteiger partial charge in [0, 0.05) is 5.88 Å². The first-order valence-corrected chi connectivity index (χ1v) is 6.61. The molecule has 1 aromatic rings. The molecule has 0 heterocycles. The molecule has 0 aliphatic heterocycles. The van der Waals surface area contributed by atoms with Gasteiger partial charge in [-0.3, -0.25) is 0 Å². The molecule has 1 aromatic carbocycles. The van der Waals surface area contributed by atoms with E-state index in [2.05, 4.69) is 4.74 Å². The van der Waals surface area contributed by atoms with Gasteiger partial charge < -0.3 is 9.47 Å². The third kappa shape index (κ3) is 5.07. The van der Waals surface area contributed by atoms with Crippen LogP contribution in [0, 0.1) is 0 Å². The molecule has 0 aromatic heterocycles. The van der Waals surface area contributed by atoms with E-state index in [1.807, 2.05) is 13.0 Å². The largest absolute Gasteiger partial charge is 0.490 e. The van der Waals surface area contributed by atoms with E-state index in [9.17, 15) is 8.78 Å². The highest BCUT2D eigenvalue weighted by atomic mass is 35.5. The zero-order valence-electron chi connectivity index (χ0n) is 11.0. The Morgan fingerprint density at radius 2 is 2.05 bits per heavy atom. The molecule has 0 aliphatic rings. The summed E-state index contributed by atoms with van der Waals surface area (Å²) in [7, 11) is 0. The Balaban J connectivity index is 3.04. The molecular formula is C14H17ClF2O2. The van der Waals surface area contributed by atoms with Gasteiger partial charge in [0.25, 0.3) is 0 Å². The average Bonchev–Trinajstić information content (AvgIpc) is 2.38. The summed E-state index contributed by atoms with van der Waals surface area (Å²) in [5.41, 5.74) is 1.91.